The van der Waals surface area contributed by atoms with Gasteiger partial charge in [-0.05, 0) is 49.4 Å². The van der Waals surface area contributed by atoms with E-state index in [1.165, 1.54) is 11.1 Å². The van der Waals surface area contributed by atoms with Crippen LogP contribution in [0.3, 0.4) is 0 Å². The third kappa shape index (κ3) is 4.23. The van der Waals surface area contributed by atoms with E-state index in [1.807, 2.05) is 13.0 Å². The number of hydrogen-bond acceptors (Lipinski definition) is 2. The summed E-state index contributed by atoms with van der Waals surface area (Å²) in [6.07, 6.45) is 2.49. The van der Waals surface area contributed by atoms with E-state index in [0.29, 0.717) is 0 Å². The van der Waals surface area contributed by atoms with Crippen LogP contribution in [0.5, 0.6) is 0 Å². The molecule has 17 heavy (non-hydrogen) atoms. The van der Waals surface area contributed by atoms with Crippen molar-refractivity contribution in [3.63, 3.8) is 0 Å². The fourth-order valence-corrected chi connectivity index (χ4v) is 1.71. The summed E-state index contributed by atoms with van der Waals surface area (Å²) < 4.78 is 0. The summed E-state index contributed by atoms with van der Waals surface area (Å²) in [6.45, 7) is 10.5. The zero-order chi connectivity index (χ0) is 12.8. The zero-order valence-electron chi connectivity index (χ0n) is 11.0. The fraction of sp³-hybridized carbons (Fsp3) is 0.467. The van der Waals surface area contributed by atoms with Crippen LogP contribution in [0.2, 0.25) is 0 Å². The summed E-state index contributed by atoms with van der Waals surface area (Å²) in [5.74, 6) is 0.281. The summed E-state index contributed by atoms with van der Waals surface area (Å²) in [4.78, 5) is 0. The van der Waals surface area contributed by atoms with Crippen molar-refractivity contribution in [3.8, 4) is 0 Å². The van der Waals surface area contributed by atoms with Crippen LogP contribution in [0.4, 0.5) is 5.69 Å². The highest BCUT2D eigenvalue weighted by Gasteiger charge is 2.11. The van der Waals surface area contributed by atoms with Gasteiger partial charge < -0.3 is 10.4 Å². The highest BCUT2D eigenvalue weighted by atomic mass is 16.3. The van der Waals surface area contributed by atoms with E-state index in [4.69, 9.17) is 0 Å². The Hall–Kier alpha value is -1.28. The molecule has 0 spiro atoms. The van der Waals surface area contributed by atoms with Crippen molar-refractivity contribution < 1.29 is 5.11 Å². The van der Waals surface area contributed by atoms with E-state index >= 15 is 0 Å². The molecule has 0 amide bonds. The van der Waals surface area contributed by atoms with Gasteiger partial charge in [0.25, 0.3) is 0 Å². The first-order valence-corrected chi connectivity index (χ1v) is 6.17. The molecular weight excluding hydrogens is 210 g/mol. The number of benzene rings is 1. The predicted octanol–water partition coefficient (Wildman–Crippen LogP) is 3.15. The minimum atomic E-state index is -0.265. The molecule has 0 aliphatic rings. The third-order valence-corrected chi connectivity index (χ3v) is 3.17. The van der Waals surface area contributed by atoms with Crippen molar-refractivity contribution in [2.75, 3.05) is 11.9 Å². The second-order valence-electron chi connectivity index (χ2n) is 4.73. The molecule has 2 N–H and O–H groups in total. The maximum Gasteiger partial charge on any atom is 0.0540 e. The largest absolute Gasteiger partial charge is 0.393 e. The van der Waals surface area contributed by atoms with Gasteiger partial charge in [0.05, 0.1) is 6.10 Å². The molecule has 1 rings (SSSR count). The van der Waals surface area contributed by atoms with Crippen LogP contribution < -0.4 is 5.32 Å². The molecule has 0 saturated heterocycles. The van der Waals surface area contributed by atoms with Gasteiger partial charge in [-0.2, -0.15) is 0 Å². The molecule has 2 atom stereocenters. The Morgan fingerprint density at radius 2 is 2.12 bits per heavy atom. The molecule has 94 valence electrons. The van der Waals surface area contributed by atoms with Crippen LogP contribution in [0.25, 0.3) is 0 Å². The van der Waals surface area contributed by atoms with Gasteiger partial charge in [0.2, 0.25) is 0 Å². The Balaban J connectivity index is 2.79. The highest BCUT2D eigenvalue weighted by molar-refractivity contribution is 5.49. The Kier molecular flexibility index (Phi) is 5.23. The van der Waals surface area contributed by atoms with Crippen LogP contribution in [0, 0.1) is 12.8 Å². The van der Waals surface area contributed by atoms with E-state index in [9.17, 15) is 5.11 Å². The van der Waals surface area contributed by atoms with Crippen LogP contribution in [0.1, 0.15) is 25.0 Å². The number of nitrogens with one attached hydrogen (secondary N) is 1. The molecule has 1 aromatic carbocycles. The molecule has 2 heteroatoms. The molecule has 0 aliphatic heterocycles. The third-order valence-electron chi connectivity index (χ3n) is 3.17. The zero-order valence-corrected chi connectivity index (χ0v) is 11.0. The lowest BCUT2D eigenvalue weighted by molar-refractivity contribution is 0.135. The molecule has 0 radical (unpaired) electrons. The smallest absolute Gasteiger partial charge is 0.0540 e. The maximum absolute atomic E-state index is 9.55. The average Bonchev–Trinajstić information content (AvgIpc) is 2.29. The lowest BCUT2D eigenvalue weighted by Crippen LogP contribution is -2.16. The second kappa shape index (κ2) is 6.45. The minimum Gasteiger partial charge on any atom is -0.393 e. The standard InChI is InChI=1S/C15H23NO/c1-5-8-16-15-7-6-11(2)14(10-15)9-12(3)13(4)17/h5-7,10,12-13,16-17H,1,8-9H2,2-4H3. The first-order chi connectivity index (χ1) is 8.04. The van der Waals surface area contributed by atoms with Crippen molar-refractivity contribution in [1.82, 2.24) is 0 Å². The van der Waals surface area contributed by atoms with Crippen LogP contribution in [-0.4, -0.2) is 17.8 Å². The quantitative estimate of drug-likeness (QED) is 0.740. The van der Waals surface area contributed by atoms with Gasteiger partial charge in [-0.15, -0.1) is 6.58 Å². The van der Waals surface area contributed by atoms with E-state index in [-0.39, 0.29) is 12.0 Å². The first kappa shape index (κ1) is 13.8. The van der Waals surface area contributed by atoms with Crippen molar-refractivity contribution in [1.29, 1.82) is 0 Å². The Labute approximate surface area is 104 Å². The summed E-state index contributed by atoms with van der Waals surface area (Å²) in [6, 6.07) is 6.36. The maximum atomic E-state index is 9.55. The van der Waals surface area contributed by atoms with Gasteiger partial charge in [-0.1, -0.05) is 19.1 Å². The van der Waals surface area contributed by atoms with Crippen molar-refractivity contribution in [2.45, 2.75) is 33.3 Å². The first-order valence-electron chi connectivity index (χ1n) is 6.17. The molecule has 2 nitrogen and oxygen atoms in total. The molecule has 0 fully saturated rings. The van der Waals surface area contributed by atoms with E-state index in [2.05, 4.69) is 43.9 Å². The number of aliphatic hydroxyl groups is 1. The van der Waals surface area contributed by atoms with Gasteiger partial charge in [0, 0.05) is 12.2 Å². The SMILES string of the molecule is C=CCNc1ccc(C)c(CC(C)C(C)O)c1. The second-order valence-corrected chi connectivity index (χ2v) is 4.73. The van der Waals surface area contributed by atoms with Gasteiger partial charge in [-0.25, -0.2) is 0 Å². The molecular formula is C15H23NO. The molecule has 2 unspecified atom stereocenters. The number of anilines is 1. The lowest BCUT2D eigenvalue weighted by atomic mass is 9.94. The Bertz CT molecular complexity index is 371. The minimum absolute atomic E-state index is 0.265. The van der Waals surface area contributed by atoms with Crippen molar-refractivity contribution >= 4 is 5.69 Å². The van der Waals surface area contributed by atoms with Gasteiger partial charge >= 0.3 is 0 Å². The average molecular weight is 233 g/mol. The van der Waals surface area contributed by atoms with Gasteiger partial charge in [0.15, 0.2) is 0 Å². The predicted molar refractivity (Wildman–Crippen MR) is 74.4 cm³/mol. The number of hydrogen-bond donors (Lipinski definition) is 2. The van der Waals surface area contributed by atoms with Crippen molar-refractivity contribution in [3.05, 3.63) is 42.0 Å². The lowest BCUT2D eigenvalue weighted by Gasteiger charge is -2.17. The molecule has 1 aromatic rings. The van der Waals surface area contributed by atoms with Gasteiger partial charge in [-0.3, -0.25) is 0 Å². The van der Waals surface area contributed by atoms with Crippen LogP contribution in [0.15, 0.2) is 30.9 Å². The van der Waals surface area contributed by atoms with E-state index in [0.717, 1.165) is 18.7 Å². The van der Waals surface area contributed by atoms with Crippen LogP contribution >= 0.6 is 0 Å². The summed E-state index contributed by atoms with van der Waals surface area (Å²) in [7, 11) is 0. The molecule has 0 saturated carbocycles. The Morgan fingerprint density at radius 1 is 1.41 bits per heavy atom. The van der Waals surface area contributed by atoms with Crippen LogP contribution in [-0.2, 0) is 6.42 Å². The summed E-state index contributed by atoms with van der Waals surface area (Å²) in [5, 5.41) is 12.8. The van der Waals surface area contributed by atoms with Crippen molar-refractivity contribution in [2.24, 2.45) is 5.92 Å². The topological polar surface area (TPSA) is 32.3 Å². The monoisotopic (exact) mass is 233 g/mol. The highest BCUT2D eigenvalue weighted by Crippen LogP contribution is 2.20. The normalized spacial score (nSPS) is 14.1. The fourth-order valence-electron chi connectivity index (χ4n) is 1.71. The Morgan fingerprint density at radius 3 is 2.71 bits per heavy atom. The molecule has 0 heterocycles. The molecule has 0 aliphatic carbocycles. The summed E-state index contributed by atoms with van der Waals surface area (Å²) in [5.41, 5.74) is 3.69. The molecule has 0 bridgehead atoms. The number of aliphatic hydroxyl groups excluding tert-OH is 1. The number of aryl methyl sites for hydroxylation is 1. The van der Waals surface area contributed by atoms with E-state index in [1.54, 1.807) is 0 Å². The summed E-state index contributed by atoms with van der Waals surface area (Å²) >= 11 is 0. The number of rotatable bonds is 6. The van der Waals surface area contributed by atoms with E-state index < -0.39 is 0 Å². The molecule has 0 aromatic heterocycles. The van der Waals surface area contributed by atoms with Gasteiger partial charge in [0.1, 0.15) is 0 Å².